The lowest BCUT2D eigenvalue weighted by Crippen LogP contribution is -2.02. The second kappa shape index (κ2) is 3.40. The largest absolute Gasteiger partial charge is 0.346 e. The Morgan fingerprint density at radius 1 is 1.54 bits per heavy atom. The van der Waals surface area contributed by atoms with Crippen LogP contribution in [0.4, 0.5) is 5.82 Å². The van der Waals surface area contributed by atoms with Crippen molar-refractivity contribution in [3.05, 3.63) is 18.6 Å². The summed E-state index contributed by atoms with van der Waals surface area (Å²) in [5.74, 6) is 0.688. The Morgan fingerprint density at radius 2 is 2.46 bits per heavy atom. The number of H-pyrrole nitrogens is 1. The molecule has 0 aliphatic heterocycles. The van der Waals surface area contributed by atoms with Crippen LogP contribution >= 0.6 is 0 Å². The summed E-state index contributed by atoms with van der Waals surface area (Å²) >= 11 is 0. The van der Waals surface area contributed by atoms with E-state index < -0.39 is 0 Å². The van der Waals surface area contributed by atoms with Crippen molar-refractivity contribution >= 4 is 16.9 Å². The minimum absolute atomic E-state index is 0.593. The summed E-state index contributed by atoms with van der Waals surface area (Å²) in [6.07, 6.45) is 3.30. The van der Waals surface area contributed by atoms with Crippen LogP contribution in [0.25, 0.3) is 11.0 Å². The van der Waals surface area contributed by atoms with E-state index in [0.717, 1.165) is 11.0 Å². The average Bonchev–Trinajstić information content (AvgIpc) is 2.62. The lowest BCUT2D eigenvalue weighted by Gasteiger charge is -2.03. The number of fused-ring (bicyclic) bond motifs is 1. The SMILES string of the molecule is CCONc1ncnc2[nH]ccc12. The third-order valence-corrected chi connectivity index (χ3v) is 1.67. The molecule has 0 unspecified atom stereocenters. The van der Waals surface area contributed by atoms with Crippen LogP contribution in [0.15, 0.2) is 18.6 Å². The zero-order valence-corrected chi connectivity index (χ0v) is 7.24. The van der Waals surface area contributed by atoms with Gasteiger partial charge in [0.2, 0.25) is 0 Å². The molecule has 68 valence electrons. The number of rotatable bonds is 3. The number of aromatic nitrogens is 3. The van der Waals surface area contributed by atoms with Crippen molar-refractivity contribution in [2.75, 3.05) is 12.1 Å². The number of hydrogen-bond acceptors (Lipinski definition) is 4. The number of nitrogens with zero attached hydrogens (tertiary/aromatic N) is 2. The van der Waals surface area contributed by atoms with Crippen molar-refractivity contribution in [2.24, 2.45) is 0 Å². The Labute approximate surface area is 75.1 Å². The Morgan fingerprint density at radius 3 is 3.31 bits per heavy atom. The molecule has 0 radical (unpaired) electrons. The summed E-state index contributed by atoms with van der Waals surface area (Å²) in [5.41, 5.74) is 3.56. The minimum atomic E-state index is 0.593. The molecule has 0 aliphatic carbocycles. The minimum Gasteiger partial charge on any atom is -0.346 e. The van der Waals surface area contributed by atoms with Gasteiger partial charge in [-0.25, -0.2) is 15.4 Å². The maximum absolute atomic E-state index is 5.04. The highest BCUT2D eigenvalue weighted by Gasteiger charge is 2.02. The maximum atomic E-state index is 5.04. The first-order valence-electron chi connectivity index (χ1n) is 4.07. The highest BCUT2D eigenvalue weighted by molar-refractivity contribution is 5.86. The molecule has 2 N–H and O–H groups in total. The van der Waals surface area contributed by atoms with Gasteiger partial charge in [-0.1, -0.05) is 0 Å². The molecule has 2 aromatic rings. The molecule has 0 fully saturated rings. The van der Waals surface area contributed by atoms with Crippen LogP contribution in [0.2, 0.25) is 0 Å². The fourth-order valence-electron chi connectivity index (χ4n) is 1.09. The van der Waals surface area contributed by atoms with Gasteiger partial charge in [-0.05, 0) is 13.0 Å². The Balaban J connectivity index is 2.37. The molecule has 5 heteroatoms. The first-order valence-corrected chi connectivity index (χ1v) is 4.07. The summed E-state index contributed by atoms with van der Waals surface area (Å²) in [6.45, 7) is 2.50. The van der Waals surface area contributed by atoms with E-state index in [2.05, 4.69) is 20.4 Å². The fraction of sp³-hybridized carbons (Fsp3) is 0.250. The molecule has 0 atom stereocenters. The average molecular weight is 178 g/mol. The third-order valence-electron chi connectivity index (χ3n) is 1.67. The normalized spacial score (nSPS) is 10.5. The lowest BCUT2D eigenvalue weighted by atomic mass is 10.4. The van der Waals surface area contributed by atoms with Crippen molar-refractivity contribution < 1.29 is 4.84 Å². The lowest BCUT2D eigenvalue weighted by molar-refractivity contribution is 0.209. The van der Waals surface area contributed by atoms with E-state index in [1.54, 1.807) is 0 Å². The number of hydrogen-bond donors (Lipinski definition) is 2. The van der Waals surface area contributed by atoms with Gasteiger partial charge in [0.25, 0.3) is 0 Å². The number of nitrogens with one attached hydrogen (secondary N) is 2. The first-order chi connectivity index (χ1) is 6.42. The quantitative estimate of drug-likeness (QED) is 0.696. The van der Waals surface area contributed by atoms with Gasteiger partial charge >= 0.3 is 0 Å². The molecule has 2 heterocycles. The van der Waals surface area contributed by atoms with E-state index in [0.29, 0.717) is 12.4 Å². The standard InChI is InChI=1S/C8H10N4O/c1-2-13-12-8-6-3-4-9-7(6)10-5-11-8/h3-5H,2H2,1H3,(H2,9,10,11,12). The third kappa shape index (κ3) is 1.46. The predicted octanol–water partition coefficient (Wildman–Crippen LogP) is 1.32. The molecule has 0 amide bonds. The second-order valence-corrected chi connectivity index (χ2v) is 2.50. The van der Waals surface area contributed by atoms with Gasteiger partial charge in [-0.15, -0.1) is 0 Å². The van der Waals surface area contributed by atoms with Crippen molar-refractivity contribution in [2.45, 2.75) is 6.92 Å². The van der Waals surface area contributed by atoms with Gasteiger partial charge in [0.1, 0.15) is 12.0 Å². The molecular formula is C8H10N4O. The molecule has 5 nitrogen and oxygen atoms in total. The molecule has 0 aromatic carbocycles. The van der Waals surface area contributed by atoms with Crippen molar-refractivity contribution in [1.82, 2.24) is 15.0 Å². The molecule has 0 aliphatic rings. The van der Waals surface area contributed by atoms with Crippen LogP contribution in [0.1, 0.15) is 6.92 Å². The van der Waals surface area contributed by atoms with Crippen LogP contribution in [-0.4, -0.2) is 21.6 Å². The van der Waals surface area contributed by atoms with Crippen LogP contribution in [-0.2, 0) is 4.84 Å². The Kier molecular flexibility index (Phi) is 2.09. The van der Waals surface area contributed by atoms with E-state index in [4.69, 9.17) is 4.84 Å². The predicted molar refractivity (Wildman–Crippen MR) is 49.1 cm³/mol. The topological polar surface area (TPSA) is 62.8 Å². The Bertz CT molecular complexity index is 398. The van der Waals surface area contributed by atoms with E-state index in [9.17, 15) is 0 Å². The van der Waals surface area contributed by atoms with Gasteiger partial charge < -0.3 is 4.98 Å². The van der Waals surface area contributed by atoms with Gasteiger partial charge in [-0.3, -0.25) is 4.84 Å². The van der Waals surface area contributed by atoms with Crippen molar-refractivity contribution in [3.63, 3.8) is 0 Å². The molecule has 2 aromatic heterocycles. The van der Waals surface area contributed by atoms with E-state index >= 15 is 0 Å². The van der Waals surface area contributed by atoms with Crippen LogP contribution in [0.3, 0.4) is 0 Å². The van der Waals surface area contributed by atoms with Gasteiger partial charge in [-0.2, -0.15) is 0 Å². The van der Waals surface area contributed by atoms with E-state index in [-0.39, 0.29) is 0 Å². The number of aromatic amines is 1. The van der Waals surface area contributed by atoms with Gasteiger partial charge in [0.15, 0.2) is 5.82 Å². The maximum Gasteiger partial charge on any atom is 0.162 e. The van der Waals surface area contributed by atoms with Crippen LogP contribution in [0.5, 0.6) is 0 Å². The molecule has 0 saturated heterocycles. The van der Waals surface area contributed by atoms with Crippen LogP contribution in [0, 0.1) is 0 Å². The summed E-state index contributed by atoms with van der Waals surface area (Å²) < 4.78 is 0. The molecule has 13 heavy (non-hydrogen) atoms. The van der Waals surface area contributed by atoms with E-state index in [1.807, 2.05) is 19.2 Å². The Hall–Kier alpha value is -1.62. The van der Waals surface area contributed by atoms with Gasteiger partial charge in [0.05, 0.1) is 12.0 Å². The monoisotopic (exact) mass is 178 g/mol. The summed E-state index contributed by atoms with van der Waals surface area (Å²) in [5, 5.41) is 0.927. The smallest absolute Gasteiger partial charge is 0.162 e. The van der Waals surface area contributed by atoms with E-state index in [1.165, 1.54) is 6.33 Å². The zero-order valence-electron chi connectivity index (χ0n) is 7.24. The summed E-state index contributed by atoms with van der Waals surface area (Å²) in [7, 11) is 0. The molecule has 0 saturated carbocycles. The molecule has 0 bridgehead atoms. The first kappa shape index (κ1) is 8.00. The summed E-state index contributed by atoms with van der Waals surface area (Å²) in [4.78, 5) is 16.1. The van der Waals surface area contributed by atoms with Crippen molar-refractivity contribution in [1.29, 1.82) is 0 Å². The summed E-state index contributed by atoms with van der Waals surface area (Å²) in [6, 6.07) is 1.90. The fourth-order valence-corrected chi connectivity index (χ4v) is 1.09. The molecule has 0 spiro atoms. The number of anilines is 1. The molecule has 2 rings (SSSR count). The molecular weight excluding hydrogens is 168 g/mol. The van der Waals surface area contributed by atoms with Gasteiger partial charge in [0, 0.05) is 6.20 Å². The highest BCUT2D eigenvalue weighted by Crippen LogP contribution is 2.16. The second-order valence-electron chi connectivity index (χ2n) is 2.50. The van der Waals surface area contributed by atoms with Crippen molar-refractivity contribution in [3.8, 4) is 0 Å². The zero-order chi connectivity index (χ0) is 9.10. The highest BCUT2D eigenvalue weighted by atomic mass is 16.6. The van der Waals surface area contributed by atoms with Crippen LogP contribution < -0.4 is 5.48 Å².